The summed E-state index contributed by atoms with van der Waals surface area (Å²) >= 11 is 0. The molecule has 1 heterocycles. The Morgan fingerprint density at radius 3 is 2.45 bits per heavy atom. The zero-order valence-corrected chi connectivity index (χ0v) is 13.6. The Labute approximate surface area is 124 Å². The molecule has 112 valence electrons. The first-order valence-electron chi connectivity index (χ1n) is 8.08. The quantitative estimate of drug-likeness (QED) is 0.754. The number of carbonyl (C=O) groups is 1. The van der Waals surface area contributed by atoms with E-state index < -0.39 is 0 Å². The van der Waals surface area contributed by atoms with Crippen LogP contribution < -0.4 is 5.32 Å². The van der Waals surface area contributed by atoms with Gasteiger partial charge in [0.15, 0.2) is 0 Å². The van der Waals surface area contributed by atoms with E-state index >= 15 is 0 Å². The average Bonchev–Trinajstić information content (AvgIpc) is 2.52. The van der Waals surface area contributed by atoms with Crippen molar-refractivity contribution < 1.29 is 4.79 Å². The highest BCUT2D eigenvalue weighted by Gasteiger charge is 2.43. The molecule has 0 aromatic heterocycles. The Balaban J connectivity index is 0.000000461. The molecule has 1 unspecified atom stereocenters. The molecule has 1 aliphatic heterocycles. The van der Waals surface area contributed by atoms with Crippen molar-refractivity contribution in [2.75, 3.05) is 0 Å². The molecule has 2 aliphatic rings. The van der Waals surface area contributed by atoms with E-state index in [2.05, 4.69) is 36.5 Å². The maximum Gasteiger partial charge on any atom is 0.220 e. The van der Waals surface area contributed by atoms with Gasteiger partial charge in [0.05, 0.1) is 0 Å². The van der Waals surface area contributed by atoms with Gasteiger partial charge in [0.2, 0.25) is 5.91 Å². The van der Waals surface area contributed by atoms with Gasteiger partial charge >= 0.3 is 0 Å². The van der Waals surface area contributed by atoms with Crippen molar-refractivity contribution in [3.63, 3.8) is 0 Å². The Morgan fingerprint density at radius 2 is 1.75 bits per heavy atom. The molecular weight excluding hydrogens is 246 g/mol. The van der Waals surface area contributed by atoms with E-state index in [9.17, 15) is 4.79 Å². The van der Waals surface area contributed by atoms with Crippen LogP contribution in [0.5, 0.6) is 0 Å². The van der Waals surface area contributed by atoms with Crippen molar-refractivity contribution in [1.82, 2.24) is 5.32 Å². The molecule has 1 aliphatic carbocycles. The topological polar surface area (TPSA) is 29.1 Å². The third-order valence-electron chi connectivity index (χ3n) is 4.31. The normalized spacial score (nSPS) is 26.6. The van der Waals surface area contributed by atoms with E-state index in [1.807, 2.05) is 27.7 Å². The summed E-state index contributed by atoms with van der Waals surface area (Å²) in [6.45, 7) is 10.3. The molecule has 20 heavy (non-hydrogen) atoms. The molecule has 1 fully saturated rings. The number of hydrogen-bond acceptors (Lipinski definition) is 1. The molecule has 1 N–H and O–H groups in total. The summed E-state index contributed by atoms with van der Waals surface area (Å²) in [6, 6.07) is 9.03. The molecule has 1 aromatic carbocycles. The maximum atomic E-state index is 11.5. The van der Waals surface area contributed by atoms with Crippen molar-refractivity contribution in [2.45, 2.75) is 71.8 Å². The Bertz CT molecular complexity index is 441. The molecule has 0 bridgehead atoms. The number of benzene rings is 1. The lowest BCUT2D eigenvalue weighted by Crippen LogP contribution is -2.55. The van der Waals surface area contributed by atoms with Gasteiger partial charge in [-0.25, -0.2) is 0 Å². The summed E-state index contributed by atoms with van der Waals surface area (Å²) < 4.78 is 0. The van der Waals surface area contributed by atoms with Crippen LogP contribution in [0.2, 0.25) is 0 Å². The van der Waals surface area contributed by atoms with Crippen LogP contribution in [0, 0.1) is 0 Å². The maximum absolute atomic E-state index is 11.5. The van der Waals surface area contributed by atoms with E-state index in [0.717, 1.165) is 19.3 Å². The lowest BCUT2D eigenvalue weighted by atomic mass is 9.64. The van der Waals surface area contributed by atoms with Gasteiger partial charge in [-0.05, 0) is 30.4 Å². The van der Waals surface area contributed by atoms with Gasteiger partial charge in [-0.2, -0.15) is 0 Å². The molecule has 2 heteroatoms. The largest absolute Gasteiger partial charge is 0.352 e. The fraction of sp³-hybridized carbons (Fsp3) is 0.611. The van der Waals surface area contributed by atoms with Crippen LogP contribution in [0.3, 0.4) is 0 Å². The zero-order chi connectivity index (χ0) is 15.2. The fourth-order valence-corrected chi connectivity index (χ4v) is 3.28. The highest BCUT2D eigenvalue weighted by atomic mass is 16.1. The number of piperidine rings is 1. The number of carbonyl (C=O) groups excluding carboxylic acids is 1. The lowest BCUT2D eigenvalue weighted by Gasteiger charge is -2.46. The highest BCUT2D eigenvalue weighted by Crippen LogP contribution is 2.42. The zero-order valence-electron chi connectivity index (χ0n) is 13.6. The Hall–Kier alpha value is -1.31. The number of amides is 1. The molecule has 0 saturated carbocycles. The molecule has 0 spiro atoms. The molecule has 1 amide bonds. The van der Waals surface area contributed by atoms with E-state index in [4.69, 9.17) is 0 Å². The number of hydrogen-bond donors (Lipinski definition) is 1. The van der Waals surface area contributed by atoms with Gasteiger partial charge < -0.3 is 5.32 Å². The van der Waals surface area contributed by atoms with Crippen LogP contribution in [0.1, 0.15) is 65.0 Å². The van der Waals surface area contributed by atoms with E-state index in [0.29, 0.717) is 12.5 Å². The number of aryl methyl sites for hydroxylation is 1. The summed E-state index contributed by atoms with van der Waals surface area (Å²) in [5.74, 6) is 0.224. The van der Waals surface area contributed by atoms with Crippen molar-refractivity contribution in [3.8, 4) is 0 Å². The minimum atomic E-state index is 0.156. The number of rotatable bonds is 0. The predicted octanol–water partition coefficient (Wildman–Crippen LogP) is 4.22. The van der Waals surface area contributed by atoms with Gasteiger partial charge in [0.25, 0.3) is 0 Å². The van der Waals surface area contributed by atoms with Crippen LogP contribution in [-0.2, 0) is 16.6 Å². The summed E-state index contributed by atoms with van der Waals surface area (Å²) in [5, 5.41) is 3.16. The molecule has 1 saturated heterocycles. The van der Waals surface area contributed by atoms with Crippen LogP contribution in [0.15, 0.2) is 24.3 Å². The van der Waals surface area contributed by atoms with E-state index in [1.54, 1.807) is 0 Å². The van der Waals surface area contributed by atoms with Crippen LogP contribution in [-0.4, -0.2) is 11.9 Å². The third-order valence-corrected chi connectivity index (χ3v) is 4.31. The third kappa shape index (κ3) is 3.05. The summed E-state index contributed by atoms with van der Waals surface area (Å²) in [7, 11) is 0. The van der Waals surface area contributed by atoms with Crippen LogP contribution >= 0.6 is 0 Å². The molecule has 2 nitrogen and oxygen atoms in total. The molecule has 3 rings (SSSR count). The van der Waals surface area contributed by atoms with Crippen molar-refractivity contribution in [2.24, 2.45) is 0 Å². The predicted molar refractivity (Wildman–Crippen MR) is 86.0 cm³/mol. The fourth-order valence-electron chi connectivity index (χ4n) is 3.28. The molecule has 2 atom stereocenters. The highest BCUT2D eigenvalue weighted by molar-refractivity contribution is 5.78. The van der Waals surface area contributed by atoms with Gasteiger partial charge in [0.1, 0.15) is 0 Å². The van der Waals surface area contributed by atoms with Gasteiger partial charge in [-0.1, -0.05) is 58.9 Å². The first-order chi connectivity index (χ1) is 9.70. The standard InChI is InChI=1S/C14H17NO.2C2H6/c1-14-9-8-13(16)15-12(14)7-6-10-4-2-3-5-11(10)14;2*1-2/h2-5,12H,6-9H2,1H3,(H,15,16);2*1-2H3/t12?,14-;;/m1../s1. The second-order valence-corrected chi connectivity index (χ2v) is 5.23. The van der Waals surface area contributed by atoms with Crippen molar-refractivity contribution in [3.05, 3.63) is 35.4 Å². The SMILES string of the molecule is CC.CC.C[C@]12CCC(=O)NC1CCc1ccccc12. The average molecular weight is 275 g/mol. The van der Waals surface area contributed by atoms with Crippen molar-refractivity contribution in [1.29, 1.82) is 0 Å². The van der Waals surface area contributed by atoms with Crippen molar-refractivity contribution >= 4 is 5.91 Å². The summed E-state index contributed by atoms with van der Waals surface area (Å²) in [5.41, 5.74) is 3.08. The second kappa shape index (κ2) is 7.47. The Morgan fingerprint density at radius 1 is 1.10 bits per heavy atom. The second-order valence-electron chi connectivity index (χ2n) is 5.23. The lowest BCUT2D eigenvalue weighted by molar-refractivity contribution is -0.125. The first-order valence-corrected chi connectivity index (χ1v) is 8.08. The van der Waals surface area contributed by atoms with Gasteiger partial charge in [-0.15, -0.1) is 0 Å². The minimum Gasteiger partial charge on any atom is -0.352 e. The minimum absolute atomic E-state index is 0.156. The number of fused-ring (bicyclic) bond motifs is 3. The smallest absolute Gasteiger partial charge is 0.220 e. The summed E-state index contributed by atoms with van der Waals surface area (Å²) in [6.07, 6.45) is 3.83. The van der Waals surface area contributed by atoms with E-state index in [1.165, 1.54) is 11.1 Å². The first kappa shape index (κ1) is 16.7. The van der Waals surface area contributed by atoms with E-state index in [-0.39, 0.29) is 11.3 Å². The summed E-state index contributed by atoms with van der Waals surface area (Å²) in [4.78, 5) is 11.5. The Kier molecular flexibility index (Phi) is 6.25. The van der Waals surface area contributed by atoms with Gasteiger partial charge in [-0.3, -0.25) is 4.79 Å². The number of nitrogens with one attached hydrogen (secondary N) is 1. The van der Waals surface area contributed by atoms with Crippen LogP contribution in [0.25, 0.3) is 0 Å². The molecule has 1 aromatic rings. The van der Waals surface area contributed by atoms with Crippen LogP contribution in [0.4, 0.5) is 0 Å². The molecule has 0 radical (unpaired) electrons. The molecular formula is C18H29NO. The van der Waals surface area contributed by atoms with Gasteiger partial charge in [0, 0.05) is 17.9 Å². The monoisotopic (exact) mass is 275 g/mol.